The van der Waals surface area contributed by atoms with Gasteiger partial charge in [-0.25, -0.2) is 4.98 Å². The summed E-state index contributed by atoms with van der Waals surface area (Å²) in [5.41, 5.74) is 3.82. The van der Waals surface area contributed by atoms with E-state index >= 15 is 0 Å². The molecule has 2 aromatic heterocycles. The van der Waals surface area contributed by atoms with Gasteiger partial charge in [-0.05, 0) is 47.7 Å². The Morgan fingerprint density at radius 1 is 0.968 bits per heavy atom. The molecule has 0 aliphatic carbocycles. The van der Waals surface area contributed by atoms with Crippen molar-refractivity contribution in [2.24, 2.45) is 0 Å². The number of imidazole rings is 1. The Balaban J connectivity index is 1.43. The van der Waals surface area contributed by atoms with Crippen molar-refractivity contribution in [1.29, 1.82) is 0 Å². The third kappa shape index (κ3) is 3.74. The van der Waals surface area contributed by atoms with Gasteiger partial charge in [0.25, 0.3) is 5.91 Å². The van der Waals surface area contributed by atoms with Crippen LogP contribution in [0.1, 0.15) is 10.4 Å². The smallest absolute Gasteiger partial charge is 0.255 e. The average molecular weight is 450 g/mol. The van der Waals surface area contributed by atoms with Crippen molar-refractivity contribution < 1.29 is 4.79 Å². The van der Waals surface area contributed by atoms with Gasteiger partial charge in [-0.2, -0.15) is 5.21 Å². The van der Waals surface area contributed by atoms with E-state index in [4.69, 9.17) is 23.2 Å². The topological polar surface area (TPSA) is 112 Å². The number of nitrogens with zero attached hydrogens (tertiary/aromatic N) is 4. The van der Waals surface area contributed by atoms with Gasteiger partial charge in [-0.1, -0.05) is 41.4 Å². The number of nitrogens with one attached hydrogen (secondary N) is 3. The zero-order chi connectivity index (χ0) is 21.4. The van der Waals surface area contributed by atoms with Crippen LogP contribution < -0.4 is 5.32 Å². The van der Waals surface area contributed by atoms with Crippen molar-refractivity contribution in [3.8, 4) is 22.8 Å². The van der Waals surface area contributed by atoms with Gasteiger partial charge >= 0.3 is 0 Å². The lowest BCUT2D eigenvalue weighted by molar-refractivity contribution is 0.102. The number of aromatic nitrogens is 6. The molecule has 0 fully saturated rings. The highest BCUT2D eigenvalue weighted by Crippen LogP contribution is 2.34. The Hall–Kier alpha value is -3.75. The van der Waals surface area contributed by atoms with Crippen LogP contribution in [-0.4, -0.2) is 36.5 Å². The fraction of sp³-hybridized carbons (Fsp3) is 0. The summed E-state index contributed by atoms with van der Waals surface area (Å²) in [6, 6.07) is 17.7. The SMILES string of the molecule is O=C(Nc1cccc(-c2nn[nH]n2)c1)c1ccc2nc(-c3c(Cl)cccc3Cl)[nH]c2c1. The summed E-state index contributed by atoms with van der Waals surface area (Å²) in [5.74, 6) is 0.718. The monoisotopic (exact) mass is 449 g/mol. The van der Waals surface area contributed by atoms with Crippen LogP contribution in [0.2, 0.25) is 10.0 Å². The summed E-state index contributed by atoms with van der Waals surface area (Å²) in [4.78, 5) is 20.5. The highest BCUT2D eigenvalue weighted by atomic mass is 35.5. The summed E-state index contributed by atoms with van der Waals surface area (Å²) >= 11 is 12.6. The zero-order valence-corrected chi connectivity index (χ0v) is 17.2. The molecule has 0 aliphatic rings. The molecule has 1 amide bonds. The Bertz CT molecular complexity index is 1390. The lowest BCUT2D eigenvalue weighted by Gasteiger charge is -2.06. The molecule has 152 valence electrons. The summed E-state index contributed by atoms with van der Waals surface area (Å²) in [6.07, 6.45) is 0. The zero-order valence-electron chi connectivity index (χ0n) is 15.7. The normalized spacial score (nSPS) is 11.0. The van der Waals surface area contributed by atoms with Gasteiger partial charge in [0.05, 0.1) is 26.6 Å². The number of benzene rings is 3. The van der Waals surface area contributed by atoms with Gasteiger partial charge in [-0.3, -0.25) is 4.79 Å². The number of H-pyrrole nitrogens is 2. The minimum atomic E-state index is -0.265. The summed E-state index contributed by atoms with van der Waals surface area (Å²) in [5, 5.41) is 17.7. The number of amides is 1. The number of hydrogen-bond acceptors (Lipinski definition) is 5. The lowest BCUT2D eigenvalue weighted by atomic mass is 10.1. The molecular formula is C21H13Cl2N7O. The molecular weight excluding hydrogens is 437 g/mol. The van der Waals surface area contributed by atoms with Crippen LogP contribution in [-0.2, 0) is 0 Å². The second-order valence-electron chi connectivity index (χ2n) is 6.68. The molecule has 8 nitrogen and oxygen atoms in total. The number of fused-ring (bicyclic) bond motifs is 1. The Morgan fingerprint density at radius 2 is 1.77 bits per heavy atom. The van der Waals surface area contributed by atoms with E-state index in [0.29, 0.717) is 49.5 Å². The third-order valence-electron chi connectivity index (χ3n) is 4.67. The van der Waals surface area contributed by atoms with Crippen LogP contribution in [0.4, 0.5) is 5.69 Å². The lowest BCUT2D eigenvalue weighted by Crippen LogP contribution is -2.11. The van der Waals surface area contributed by atoms with Crippen LogP contribution in [0.5, 0.6) is 0 Å². The highest BCUT2D eigenvalue weighted by molar-refractivity contribution is 6.39. The van der Waals surface area contributed by atoms with Crippen molar-refractivity contribution in [3.05, 3.63) is 76.3 Å². The highest BCUT2D eigenvalue weighted by Gasteiger charge is 2.15. The van der Waals surface area contributed by atoms with Gasteiger partial charge in [0, 0.05) is 16.8 Å². The molecule has 0 radical (unpaired) electrons. The first-order valence-corrected chi connectivity index (χ1v) is 9.93. The predicted octanol–water partition coefficient (Wildman–Crippen LogP) is 4.97. The molecule has 0 bridgehead atoms. The second-order valence-corrected chi connectivity index (χ2v) is 7.50. The van der Waals surface area contributed by atoms with Crippen LogP contribution >= 0.6 is 23.2 Å². The Kier molecular flexibility index (Phi) is 4.85. The number of carbonyl (C=O) groups excluding carboxylic acids is 1. The number of halogens is 2. The molecule has 0 saturated heterocycles. The first-order chi connectivity index (χ1) is 15.1. The maximum Gasteiger partial charge on any atom is 0.255 e. The molecule has 31 heavy (non-hydrogen) atoms. The fourth-order valence-corrected chi connectivity index (χ4v) is 3.79. The number of hydrogen-bond donors (Lipinski definition) is 3. The molecule has 0 spiro atoms. The van der Waals surface area contributed by atoms with Crippen molar-refractivity contribution in [1.82, 2.24) is 30.6 Å². The van der Waals surface area contributed by atoms with Gasteiger partial charge in [0.1, 0.15) is 5.82 Å². The van der Waals surface area contributed by atoms with Crippen molar-refractivity contribution in [2.45, 2.75) is 0 Å². The average Bonchev–Trinajstić information content (AvgIpc) is 3.43. The molecule has 0 aliphatic heterocycles. The number of rotatable bonds is 4. The van der Waals surface area contributed by atoms with E-state index in [1.54, 1.807) is 54.6 Å². The van der Waals surface area contributed by atoms with Crippen LogP contribution in [0.15, 0.2) is 60.7 Å². The second kappa shape index (κ2) is 7.82. The van der Waals surface area contributed by atoms with E-state index in [1.165, 1.54) is 0 Å². The van der Waals surface area contributed by atoms with E-state index in [1.807, 2.05) is 6.07 Å². The van der Waals surface area contributed by atoms with Crippen molar-refractivity contribution >= 4 is 45.8 Å². The molecule has 10 heteroatoms. The van der Waals surface area contributed by atoms with Crippen LogP contribution in [0, 0.1) is 0 Å². The third-order valence-corrected chi connectivity index (χ3v) is 5.30. The number of carbonyl (C=O) groups is 1. The standard InChI is InChI=1S/C21H13Cl2N7O/c22-14-5-2-6-15(23)18(14)20-25-16-8-7-12(10-17(16)26-20)21(31)24-13-4-1-3-11(9-13)19-27-29-30-28-19/h1-10H,(H,24,31)(H,25,26)(H,27,28,29,30). The van der Waals surface area contributed by atoms with Gasteiger partial charge in [0.2, 0.25) is 5.82 Å². The maximum absolute atomic E-state index is 12.8. The Labute approximate surface area is 185 Å². The quantitative estimate of drug-likeness (QED) is 0.358. The number of anilines is 1. The van der Waals surface area contributed by atoms with Gasteiger partial charge in [-0.15, -0.1) is 10.2 Å². The van der Waals surface area contributed by atoms with E-state index in [2.05, 4.69) is 35.9 Å². The first-order valence-electron chi connectivity index (χ1n) is 9.18. The predicted molar refractivity (Wildman–Crippen MR) is 119 cm³/mol. The number of aromatic amines is 2. The fourth-order valence-electron chi connectivity index (χ4n) is 3.22. The largest absolute Gasteiger partial charge is 0.338 e. The van der Waals surface area contributed by atoms with Crippen LogP contribution in [0.25, 0.3) is 33.8 Å². The molecule has 5 aromatic rings. The van der Waals surface area contributed by atoms with E-state index in [0.717, 1.165) is 5.56 Å². The van der Waals surface area contributed by atoms with E-state index < -0.39 is 0 Å². The first kappa shape index (κ1) is 19.2. The molecule has 3 N–H and O–H groups in total. The summed E-state index contributed by atoms with van der Waals surface area (Å²) in [6.45, 7) is 0. The molecule has 0 saturated carbocycles. The molecule has 5 rings (SSSR count). The van der Waals surface area contributed by atoms with E-state index in [-0.39, 0.29) is 5.91 Å². The van der Waals surface area contributed by atoms with Crippen molar-refractivity contribution in [3.63, 3.8) is 0 Å². The molecule has 2 heterocycles. The Morgan fingerprint density at radius 3 is 2.55 bits per heavy atom. The molecule has 0 unspecified atom stereocenters. The molecule has 3 aromatic carbocycles. The van der Waals surface area contributed by atoms with E-state index in [9.17, 15) is 4.79 Å². The van der Waals surface area contributed by atoms with Crippen molar-refractivity contribution in [2.75, 3.05) is 5.32 Å². The maximum atomic E-state index is 12.8. The molecule has 0 atom stereocenters. The number of tetrazole rings is 1. The minimum absolute atomic E-state index is 0.265. The van der Waals surface area contributed by atoms with Gasteiger partial charge in [0.15, 0.2) is 0 Å². The summed E-state index contributed by atoms with van der Waals surface area (Å²) in [7, 11) is 0. The van der Waals surface area contributed by atoms with Crippen LogP contribution in [0.3, 0.4) is 0 Å². The van der Waals surface area contributed by atoms with Gasteiger partial charge < -0.3 is 10.3 Å². The summed E-state index contributed by atoms with van der Waals surface area (Å²) < 4.78 is 0. The minimum Gasteiger partial charge on any atom is -0.338 e.